The molecular formula is C17H23N3O3. The Balaban J connectivity index is 1.50. The first kappa shape index (κ1) is 15.9. The zero-order chi connectivity index (χ0) is 16.2. The van der Waals surface area contributed by atoms with Gasteiger partial charge in [0.2, 0.25) is 11.8 Å². The summed E-state index contributed by atoms with van der Waals surface area (Å²) >= 11 is 0. The Morgan fingerprint density at radius 2 is 2.04 bits per heavy atom. The number of nitrogens with one attached hydrogen (secondary N) is 2. The Morgan fingerprint density at radius 1 is 1.26 bits per heavy atom. The third-order valence-corrected chi connectivity index (χ3v) is 5.01. The number of amides is 2. The standard InChI is InChI=1S/C17H23N3O3/c21-10-15(19-16(22)9-11-3-5-18-6-4-11)17(23)20-14-8-12-1-2-13(14)7-12/h3-6,12-15,21H,1-2,7-10H2,(H,19,22)(H,20,23). The number of hydrogen-bond donors (Lipinski definition) is 3. The van der Waals surface area contributed by atoms with Gasteiger partial charge in [-0.05, 0) is 48.8 Å². The second-order valence-corrected chi connectivity index (χ2v) is 6.62. The van der Waals surface area contributed by atoms with E-state index >= 15 is 0 Å². The van der Waals surface area contributed by atoms with Gasteiger partial charge in [-0.2, -0.15) is 0 Å². The van der Waals surface area contributed by atoms with Gasteiger partial charge in [0.05, 0.1) is 13.0 Å². The predicted octanol–water partition coefficient (Wildman–Crippen LogP) is 0.406. The molecule has 1 heterocycles. The second kappa shape index (κ2) is 7.08. The molecule has 0 aromatic carbocycles. The molecule has 2 fully saturated rings. The average Bonchev–Trinajstić information content (AvgIpc) is 3.16. The van der Waals surface area contributed by atoms with Gasteiger partial charge < -0.3 is 15.7 Å². The first-order chi connectivity index (χ1) is 11.2. The smallest absolute Gasteiger partial charge is 0.245 e. The van der Waals surface area contributed by atoms with Crippen molar-refractivity contribution in [3.63, 3.8) is 0 Å². The number of aromatic nitrogens is 1. The molecule has 1 aromatic rings. The van der Waals surface area contributed by atoms with Gasteiger partial charge in [-0.1, -0.05) is 6.42 Å². The van der Waals surface area contributed by atoms with Crippen molar-refractivity contribution in [2.75, 3.05) is 6.61 Å². The summed E-state index contributed by atoms with van der Waals surface area (Å²) in [5, 5.41) is 15.1. The van der Waals surface area contributed by atoms with Crippen LogP contribution in [0.4, 0.5) is 0 Å². The van der Waals surface area contributed by atoms with Crippen molar-refractivity contribution in [2.24, 2.45) is 11.8 Å². The zero-order valence-corrected chi connectivity index (χ0v) is 13.1. The molecular weight excluding hydrogens is 294 g/mol. The van der Waals surface area contributed by atoms with Crippen LogP contribution in [0.2, 0.25) is 0 Å². The first-order valence-electron chi connectivity index (χ1n) is 8.25. The fraction of sp³-hybridized carbons (Fsp3) is 0.588. The van der Waals surface area contributed by atoms with Crippen LogP contribution >= 0.6 is 0 Å². The van der Waals surface area contributed by atoms with Crippen LogP contribution in [-0.2, 0) is 16.0 Å². The fourth-order valence-electron chi connectivity index (χ4n) is 3.83. The van der Waals surface area contributed by atoms with Crippen LogP contribution in [0.3, 0.4) is 0 Å². The summed E-state index contributed by atoms with van der Waals surface area (Å²) in [6.07, 6.45) is 8.07. The van der Waals surface area contributed by atoms with Crippen molar-refractivity contribution in [3.8, 4) is 0 Å². The molecule has 6 heteroatoms. The molecule has 3 N–H and O–H groups in total. The normalized spacial score (nSPS) is 26.7. The van der Waals surface area contributed by atoms with Crippen LogP contribution in [0.25, 0.3) is 0 Å². The minimum Gasteiger partial charge on any atom is -0.394 e. The molecule has 6 nitrogen and oxygen atoms in total. The van der Waals surface area contributed by atoms with Crippen molar-refractivity contribution >= 4 is 11.8 Å². The highest BCUT2D eigenvalue weighted by atomic mass is 16.3. The molecule has 1 aromatic heterocycles. The Bertz CT molecular complexity index is 563. The highest BCUT2D eigenvalue weighted by Gasteiger charge is 2.40. The largest absolute Gasteiger partial charge is 0.394 e. The van der Waals surface area contributed by atoms with Gasteiger partial charge in [0.1, 0.15) is 6.04 Å². The van der Waals surface area contributed by atoms with E-state index in [9.17, 15) is 14.7 Å². The minimum atomic E-state index is -0.886. The van der Waals surface area contributed by atoms with Crippen LogP contribution in [0, 0.1) is 11.8 Å². The molecule has 2 bridgehead atoms. The van der Waals surface area contributed by atoms with Gasteiger partial charge in [-0.25, -0.2) is 0 Å². The summed E-state index contributed by atoms with van der Waals surface area (Å²) < 4.78 is 0. The summed E-state index contributed by atoms with van der Waals surface area (Å²) in [5.41, 5.74) is 0.822. The zero-order valence-electron chi connectivity index (χ0n) is 13.1. The number of pyridine rings is 1. The molecule has 2 amide bonds. The monoisotopic (exact) mass is 317 g/mol. The van der Waals surface area contributed by atoms with Crippen LogP contribution in [-0.4, -0.2) is 40.6 Å². The third kappa shape index (κ3) is 3.88. The lowest BCUT2D eigenvalue weighted by Crippen LogP contribution is -2.52. The summed E-state index contributed by atoms with van der Waals surface area (Å²) in [6, 6.07) is 2.82. The Labute approximate surface area is 135 Å². The molecule has 3 rings (SSSR count). The van der Waals surface area contributed by atoms with E-state index in [1.807, 2.05) is 0 Å². The lowest BCUT2D eigenvalue weighted by Gasteiger charge is -2.25. The molecule has 0 saturated heterocycles. The third-order valence-electron chi connectivity index (χ3n) is 5.01. The van der Waals surface area contributed by atoms with E-state index in [1.165, 1.54) is 19.3 Å². The lowest BCUT2D eigenvalue weighted by molar-refractivity contribution is -0.130. The van der Waals surface area contributed by atoms with Crippen molar-refractivity contribution < 1.29 is 14.7 Å². The van der Waals surface area contributed by atoms with Crippen molar-refractivity contribution in [2.45, 2.75) is 44.2 Å². The maximum absolute atomic E-state index is 12.3. The summed E-state index contributed by atoms with van der Waals surface area (Å²) in [6.45, 7) is -0.394. The number of hydrogen-bond acceptors (Lipinski definition) is 4. The van der Waals surface area contributed by atoms with E-state index < -0.39 is 12.6 Å². The topological polar surface area (TPSA) is 91.3 Å². The number of carbonyl (C=O) groups is 2. The van der Waals surface area contributed by atoms with Crippen LogP contribution in [0.15, 0.2) is 24.5 Å². The lowest BCUT2D eigenvalue weighted by atomic mass is 9.95. The van der Waals surface area contributed by atoms with Crippen molar-refractivity contribution in [3.05, 3.63) is 30.1 Å². The summed E-state index contributed by atoms with van der Waals surface area (Å²) in [4.78, 5) is 28.2. The average molecular weight is 317 g/mol. The molecule has 2 aliphatic rings. The summed E-state index contributed by atoms with van der Waals surface area (Å²) in [7, 11) is 0. The molecule has 0 spiro atoms. The molecule has 4 atom stereocenters. The summed E-state index contributed by atoms with van der Waals surface area (Å²) in [5.74, 6) is 0.737. The molecule has 2 aliphatic carbocycles. The van der Waals surface area contributed by atoms with Gasteiger partial charge in [-0.3, -0.25) is 14.6 Å². The van der Waals surface area contributed by atoms with Crippen LogP contribution in [0.5, 0.6) is 0 Å². The van der Waals surface area contributed by atoms with E-state index in [0.717, 1.165) is 17.9 Å². The molecule has 0 radical (unpaired) electrons. The van der Waals surface area contributed by atoms with Crippen LogP contribution < -0.4 is 10.6 Å². The van der Waals surface area contributed by atoms with Crippen LogP contribution in [0.1, 0.15) is 31.2 Å². The minimum absolute atomic E-state index is 0.167. The quantitative estimate of drug-likeness (QED) is 0.708. The highest BCUT2D eigenvalue weighted by Crippen LogP contribution is 2.44. The van der Waals surface area contributed by atoms with E-state index in [0.29, 0.717) is 5.92 Å². The number of carbonyl (C=O) groups excluding carboxylic acids is 2. The Morgan fingerprint density at radius 3 is 2.65 bits per heavy atom. The van der Waals surface area contributed by atoms with Gasteiger partial charge in [0.25, 0.3) is 0 Å². The van der Waals surface area contributed by atoms with Gasteiger partial charge in [0, 0.05) is 18.4 Å². The Kier molecular flexibility index (Phi) is 4.91. The molecule has 23 heavy (non-hydrogen) atoms. The van der Waals surface area contributed by atoms with Gasteiger partial charge in [0.15, 0.2) is 0 Å². The van der Waals surface area contributed by atoms with Gasteiger partial charge >= 0.3 is 0 Å². The highest BCUT2D eigenvalue weighted by molar-refractivity contribution is 5.88. The Hall–Kier alpha value is -1.95. The number of aliphatic hydroxyl groups is 1. The number of rotatable bonds is 6. The number of fused-ring (bicyclic) bond motifs is 2. The first-order valence-corrected chi connectivity index (χ1v) is 8.25. The molecule has 4 unspecified atom stereocenters. The van der Waals surface area contributed by atoms with E-state index in [1.54, 1.807) is 24.5 Å². The van der Waals surface area contributed by atoms with E-state index in [-0.39, 0.29) is 24.3 Å². The van der Waals surface area contributed by atoms with E-state index in [2.05, 4.69) is 15.6 Å². The van der Waals surface area contributed by atoms with Crippen molar-refractivity contribution in [1.82, 2.24) is 15.6 Å². The second-order valence-electron chi connectivity index (χ2n) is 6.62. The van der Waals surface area contributed by atoms with E-state index in [4.69, 9.17) is 0 Å². The molecule has 0 aliphatic heterocycles. The molecule has 124 valence electrons. The maximum atomic E-state index is 12.3. The fourth-order valence-corrected chi connectivity index (χ4v) is 3.83. The predicted molar refractivity (Wildman–Crippen MR) is 84.3 cm³/mol. The SMILES string of the molecule is O=C(Cc1ccncc1)NC(CO)C(=O)NC1CC2CCC1C2. The van der Waals surface area contributed by atoms with Gasteiger partial charge in [-0.15, -0.1) is 0 Å². The number of nitrogens with zero attached hydrogens (tertiary/aromatic N) is 1. The molecule has 2 saturated carbocycles. The van der Waals surface area contributed by atoms with Crippen molar-refractivity contribution in [1.29, 1.82) is 0 Å². The maximum Gasteiger partial charge on any atom is 0.245 e. The number of aliphatic hydroxyl groups excluding tert-OH is 1.